The SMILES string of the molecule is C=C(C)COCCC[Si](O[Si](C)(C)C)(O[Si](C)(C)C)O[Si](CCCC(=O)OC)(O[Si](C)(C)C)O[Si](C)(C)C. The van der Waals surface area contributed by atoms with Crippen molar-refractivity contribution in [1.82, 2.24) is 0 Å². The quantitative estimate of drug-likeness (QED) is 0.0596. The predicted octanol–water partition coefficient (Wildman–Crippen LogP) is 7.22. The molecule has 226 valence electrons. The van der Waals surface area contributed by atoms with Gasteiger partial charge in [-0.15, -0.1) is 0 Å². The highest BCUT2D eigenvalue weighted by atomic mass is 28.5. The molecular formula is C24H58O8Si6. The molecule has 0 aromatic rings. The molecule has 0 saturated carbocycles. The lowest BCUT2D eigenvalue weighted by molar-refractivity contribution is -0.140. The summed E-state index contributed by atoms with van der Waals surface area (Å²) in [4.78, 5) is 12.0. The van der Waals surface area contributed by atoms with Crippen molar-refractivity contribution < 1.29 is 34.8 Å². The number of hydrogen-bond acceptors (Lipinski definition) is 8. The molecule has 0 aliphatic heterocycles. The molecule has 0 aliphatic rings. The molecule has 0 aliphatic carbocycles. The Morgan fingerprint density at radius 2 is 1.00 bits per heavy atom. The molecule has 0 aromatic carbocycles. The lowest BCUT2D eigenvalue weighted by Crippen LogP contribution is -2.67. The first kappa shape index (κ1) is 38.3. The highest BCUT2D eigenvalue weighted by molar-refractivity contribution is 6.92. The van der Waals surface area contributed by atoms with E-state index in [0.717, 1.165) is 12.0 Å². The average Bonchev–Trinajstić information content (AvgIpc) is 2.61. The normalized spacial score (nSPS) is 14.1. The zero-order valence-electron chi connectivity index (χ0n) is 26.9. The Hall–Kier alpha value is 0.271. The van der Waals surface area contributed by atoms with E-state index in [4.69, 9.17) is 30.0 Å². The molecule has 38 heavy (non-hydrogen) atoms. The van der Waals surface area contributed by atoms with Crippen molar-refractivity contribution in [1.29, 1.82) is 0 Å². The van der Waals surface area contributed by atoms with Gasteiger partial charge in [0.25, 0.3) is 0 Å². The maximum Gasteiger partial charge on any atom is 0.472 e. The summed E-state index contributed by atoms with van der Waals surface area (Å²) in [5, 5.41) is 0. The molecule has 0 amide bonds. The minimum absolute atomic E-state index is 0.247. The third kappa shape index (κ3) is 19.4. The van der Waals surface area contributed by atoms with Crippen LogP contribution in [-0.4, -0.2) is 77.2 Å². The molecule has 0 spiro atoms. The number of ether oxygens (including phenoxy) is 2. The van der Waals surface area contributed by atoms with E-state index in [-0.39, 0.29) is 12.4 Å². The summed E-state index contributed by atoms with van der Waals surface area (Å²) in [5.74, 6) is -0.247. The van der Waals surface area contributed by atoms with Gasteiger partial charge < -0.3 is 30.0 Å². The first-order valence-corrected chi connectivity index (χ1v) is 31.2. The van der Waals surface area contributed by atoms with Crippen LogP contribution in [0.2, 0.25) is 90.7 Å². The summed E-state index contributed by atoms with van der Waals surface area (Å²) < 4.78 is 45.8. The molecular weight excluding hydrogens is 585 g/mol. The Morgan fingerprint density at radius 3 is 1.32 bits per heavy atom. The van der Waals surface area contributed by atoms with Gasteiger partial charge in [-0.05, 0) is 98.3 Å². The largest absolute Gasteiger partial charge is 0.472 e. The Kier molecular flexibility index (Phi) is 15.6. The standard InChI is InChI=1S/C24H58O8Si6/c1-23(2)22-27-19-17-21-38(30-35(10,11)12,31-36(13,14)15)32-37(28-33(4,5)6,29-34(7,8)9)20-16-18-24(25)26-3/h1,16-22H2,2-15H3. The molecule has 8 nitrogen and oxygen atoms in total. The van der Waals surface area contributed by atoms with Crippen LogP contribution in [0.1, 0.15) is 26.2 Å². The van der Waals surface area contributed by atoms with Gasteiger partial charge in [-0.1, -0.05) is 12.2 Å². The van der Waals surface area contributed by atoms with Crippen LogP contribution in [0.5, 0.6) is 0 Å². The number of carbonyl (C=O) groups is 1. The molecule has 0 N–H and O–H groups in total. The van der Waals surface area contributed by atoms with Gasteiger partial charge in [0, 0.05) is 25.1 Å². The average molecular weight is 643 g/mol. The van der Waals surface area contributed by atoms with Crippen LogP contribution in [0.25, 0.3) is 0 Å². The first-order chi connectivity index (χ1) is 16.9. The smallest absolute Gasteiger partial charge is 0.469 e. The molecule has 0 bridgehead atoms. The van der Waals surface area contributed by atoms with E-state index < -0.39 is 50.9 Å². The summed E-state index contributed by atoms with van der Waals surface area (Å²) in [7, 11) is -13.7. The lowest BCUT2D eigenvalue weighted by Gasteiger charge is -2.47. The summed E-state index contributed by atoms with van der Waals surface area (Å²) in [6, 6.07) is 1.13. The molecule has 0 aromatic heterocycles. The number of methoxy groups -OCH3 is 1. The number of carbonyl (C=O) groups excluding carboxylic acids is 1. The second-order valence-corrected chi connectivity index (χ2v) is 38.6. The van der Waals surface area contributed by atoms with Gasteiger partial charge in [0.05, 0.1) is 13.7 Å². The van der Waals surface area contributed by atoms with Crippen LogP contribution in [0.15, 0.2) is 12.2 Å². The molecule has 0 atom stereocenters. The predicted molar refractivity (Wildman–Crippen MR) is 171 cm³/mol. The van der Waals surface area contributed by atoms with Gasteiger partial charge in [-0.2, -0.15) is 0 Å². The topological polar surface area (TPSA) is 81.7 Å². The fraction of sp³-hybridized carbons (Fsp3) is 0.875. The van der Waals surface area contributed by atoms with E-state index in [1.165, 1.54) is 7.11 Å². The summed E-state index contributed by atoms with van der Waals surface area (Å²) >= 11 is 0. The van der Waals surface area contributed by atoms with Crippen molar-refractivity contribution in [3.05, 3.63) is 12.2 Å². The van der Waals surface area contributed by atoms with Gasteiger partial charge >= 0.3 is 23.6 Å². The van der Waals surface area contributed by atoms with E-state index in [1.807, 2.05) is 6.92 Å². The van der Waals surface area contributed by atoms with Crippen LogP contribution in [0.4, 0.5) is 0 Å². The van der Waals surface area contributed by atoms with Crippen LogP contribution >= 0.6 is 0 Å². The van der Waals surface area contributed by atoms with Gasteiger partial charge in [0.15, 0.2) is 33.3 Å². The Balaban J connectivity index is 6.68. The van der Waals surface area contributed by atoms with E-state index >= 15 is 0 Å². The fourth-order valence-corrected chi connectivity index (χ4v) is 27.4. The third-order valence-electron chi connectivity index (χ3n) is 4.37. The van der Waals surface area contributed by atoms with Crippen molar-refractivity contribution in [3.63, 3.8) is 0 Å². The second-order valence-electron chi connectivity index (χ2n) is 13.9. The number of esters is 1. The van der Waals surface area contributed by atoms with Crippen LogP contribution < -0.4 is 0 Å². The van der Waals surface area contributed by atoms with E-state index in [2.05, 4.69) is 85.1 Å². The van der Waals surface area contributed by atoms with Crippen molar-refractivity contribution in [2.24, 2.45) is 0 Å². The number of hydrogen-bond donors (Lipinski definition) is 0. The number of rotatable bonds is 20. The van der Waals surface area contributed by atoms with Gasteiger partial charge in [0.1, 0.15) is 0 Å². The van der Waals surface area contributed by atoms with E-state index in [9.17, 15) is 4.79 Å². The fourth-order valence-electron chi connectivity index (χ4n) is 3.72. The zero-order valence-corrected chi connectivity index (χ0v) is 32.9. The Bertz CT molecular complexity index is 706. The summed E-state index contributed by atoms with van der Waals surface area (Å²) in [5.41, 5.74) is 0.991. The Labute approximate surface area is 240 Å². The van der Waals surface area contributed by atoms with Gasteiger partial charge in [-0.3, -0.25) is 4.79 Å². The van der Waals surface area contributed by atoms with Crippen LogP contribution in [0.3, 0.4) is 0 Å². The molecule has 0 rings (SSSR count). The maximum atomic E-state index is 12.0. The van der Waals surface area contributed by atoms with Crippen molar-refractivity contribution in [3.8, 4) is 0 Å². The first-order valence-electron chi connectivity index (χ1n) is 13.7. The summed E-state index contributed by atoms with van der Waals surface area (Å²) in [6.07, 6.45) is 1.58. The van der Waals surface area contributed by atoms with E-state index in [0.29, 0.717) is 31.7 Å². The molecule has 0 saturated heterocycles. The highest BCUT2D eigenvalue weighted by Gasteiger charge is 2.58. The van der Waals surface area contributed by atoms with Crippen molar-refractivity contribution in [2.75, 3.05) is 20.3 Å². The van der Waals surface area contributed by atoms with Crippen LogP contribution in [-0.2, 0) is 34.8 Å². The van der Waals surface area contributed by atoms with Crippen LogP contribution in [0, 0.1) is 0 Å². The zero-order chi connectivity index (χ0) is 30.1. The minimum Gasteiger partial charge on any atom is -0.469 e. The monoisotopic (exact) mass is 642 g/mol. The molecule has 0 heterocycles. The maximum absolute atomic E-state index is 12.0. The summed E-state index contributed by atoms with van der Waals surface area (Å²) in [6.45, 7) is 32.9. The van der Waals surface area contributed by atoms with Gasteiger partial charge in [-0.25, -0.2) is 0 Å². The molecule has 14 heteroatoms. The van der Waals surface area contributed by atoms with Gasteiger partial charge in [0.2, 0.25) is 0 Å². The molecule has 0 fully saturated rings. The molecule has 0 radical (unpaired) electrons. The highest BCUT2D eigenvalue weighted by Crippen LogP contribution is 2.36. The minimum atomic E-state index is -3.35. The van der Waals surface area contributed by atoms with E-state index in [1.54, 1.807) is 0 Å². The third-order valence-corrected chi connectivity index (χ3v) is 23.6. The van der Waals surface area contributed by atoms with Crippen molar-refractivity contribution >= 4 is 56.8 Å². The Morgan fingerprint density at radius 1 is 0.632 bits per heavy atom. The van der Waals surface area contributed by atoms with Crippen molar-refractivity contribution in [2.45, 2.75) is 117 Å². The lowest BCUT2D eigenvalue weighted by atomic mass is 10.3. The molecule has 0 unspecified atom stereocenters. The second kappa shape index (κ2) is 15.5.